The van der Waals surface area contributed by atoms with E-state index in [1.165, 1.54) is 12.8 Å². The number of hydrogen-bond donors (Lipinski definition) is 0. The predicted octanol–water partition coefficient (Wildman–Crippen LogP) is 10.5. The molecule has 0 radical (unpaired) electrons. The van der Waals surface area contributed by atoms with Gasteiger partial charge in [0.25, 0.3) is 16.6 Å². The zero-order valence-electron chi connectivity index (χ0n) is 33.9. The van der Waals surface area contributed by atoms with Crippen molar-refractivity contribution in [2.45, 2.75) is 162 Å². The van der Waals surface area contributed by atoms with Gasteiger partial charge >= 0.3 is 0 Å². The molecule has 3 saturated carbocycles. The number of allylic oxidation sites excluding steroid dienone is 2. The van der Waals surface area contributed by atoms with Crippen LogP contribution >= 0.6 is 0 Å². The van der Waals surface area contributed by atoms with Crippen molar-refractivity contribution >= 4 is 53.0 Å². The van der Waals surface area contributed by atoms with Crippen LogP contribution in [-0.2, 0) is 22.3 Å². The molecule has 7 nitrogen and oxygen atoms in total. The number of hydrogen-bond acceptors (Lipinski definition) is 7. The molecule has 48 heavy (non-hydrogen) atoms. The quantitative estimate of drug-likeness (QED) is 0.113. The van der Waals surface area contributed by atoms with Gasteiger partial charge in [-0.25, -0.2) is 0 Å². The van der Waals surface area contributed by atoms with Crippen molar-refractivity contribution in [3.05, 3.63) is 12.2 Å². The third kappa shape index (κ3) is 9.16. The first kappa shape index (κ1) is 40.4. The molecule has 12 heteroatoms. The number of rotatable bonds is 12. The first-order valence-electron chi connectivity index (χ1n) is 18.8. The lowest BCUT2D eigenvalue weighted by atomic mass is 9.44. The summed E-state index contributed by atoms with van der Waals surface area (Å²) in [7, 11) is -9.48. The van der Waals surface area contributed by atoms with E-state index in [9.17, 15) is 0 Å². The lowest BCUT2D eigenvalue weighted by Gasteiger charge is -2.63. The maximum Gasteiger partial charge on any atom is 0.278 e. The second-order valence-corrected chi connectivity index (χ2v) is 43.1. The summed E-state index contributed by atoms with van der Waals surface area (Å²) in [4.78, 5) is 0. The Kier molecular flexibility index (Phi) is 11.4. The molecule has 0 aromatic rings. The summed E-state index contributed by atoms with van der Waals surface area (Å²) >= 11 is 0. The first-order chi connectivity index (χ1) is 21.6. The van der Waals surface area contributed by atoms with Crippen LogP contribution in [0.2, 0.25) is 98.2 Å². The van der Waals surface area contributed by atoms with Crippen LogP contribution in [0.5, 0.6) is 0 Å². The van der Waals surface area contributed by atoms with Gasteiger partial charge in [0.15, 0.2) is 25.0 Å². The maximum absolute atomic E-state index is 7.60. The van der Waals surface area contributed by atoms with Crippen LogP contribution in [0, 0.1) is 34.5 Å². The Labute approximate surface area is 300 Å². The predicted molar refractivity (Wildman–Crippen MR) is 215 cm³/mol. The second-order valence-electron chi connectivity index (χ2n) is 20.9. The van der Waals surface area contributed by atoms with Gasteiger partial charge in [-0.2, -0.15) is 0 Å². The van der Waals surface area contributed by atoms with Crippen molar-refractivity contribution in [2.75, 3.05) is 6.61 Å². The molecule has 4 aliphatic rings. The van der Waals surface area contributed by atoms with E-state index in [1.807, 2.05) is 0 Å². The molecule has 0 aliphatic heterocycles. The minimum atomic E-state index is -2.05. The Morgan fingerprint density at radius 1 is 0.771 bits per heavy atom. The number of fused-ring (bicyclic) bond motifs is 5. The van der Waals surface area contributed by atoms with Crippen LogP contribution in [0.3, 0.4) is 0 Å². The molecule has 4 aliphatic carbocycles. The third-order valence-electron chi connectivity index (χ3n) is 11.0. The van der Waals surface area contributed by atoms with Gasteiger partial charge in [0.2, 0.25) is 0 Å². The molecule has 7 unspecified atom stereocenters. The average Bonchev–Trinajstić information content (AvgIpc) is 3.15. The molecular weight excluding hydrogens is 681 g/mol. The van der Waals surface area contributed by atoms with E-state index in [4.69, 9.17) is 27.5 Å². The minimum absolute atomic E-state index is 0.0520. The fourth-order valence-corrected chi connectivity index (χ4v) is 13.5. The Hall–Kier alpha value is -0.356. The highest BCUT2D eigenvalue weighted by atomic mass is 28.4. The van der Waals surface area contributed by atoms with E-state index in [0.29, 0.717) is 30.3 Å². The van der Waals surface area contributed by atoms with E-state index in [-0.39, 0.29) is 16.9 Å². The van der Waals surface area contributed by atoms with Crippen molar-refractivity contribution in [1.29, 1.82) is 0 Å². The third-order valence-corrected chi connectivity index (χ3v) is 15.3. The monoisotopic (exact) mass is 752 g/mol. The fourth-order valence-electron chi connectivity index (χ4n) is 9.47. The summed E-state index contributed by atoms with van der Waals surface area (Å²) < 4.78 is 34.2. The molecular formula is C36H72N2O5Si5. The van der Waals surface area contributed by atoms with Crippen LogP contribution in [0.1, 0.15) is 52.4 Å². The molecule has 0 aromatic carbocycles. The minimum Gasteiger partial charge on any atom is -0.456 e. The summed E-state index contributed by atoms with van der Waals surface area (Å²) in [6.45, 7) is 39.7. The molecule has 0 aromatic heterocycles. The molecule has 0 amide bonds. The Bertz CT molecular complexity index is 1260. The number of nitrogens with zero attached hydrogens (tertiary/aromatic N) is 2. The van der Waals surface area contributed by atoms with Crippen molar-refractivity contribution < 1.29 is 22.3 Å². The topological polar surface area (TPSA) is 70.9 Å². The van der Waals surface area contributed by atoms with E-state index < -0.39 is 47.2 Å². The zero-order valence-corrected chi connectivity index (χ0v) is 38.9. The summed E-state index contributed by atoms with van der Waals surface area (Å²) in [6.07, 6.45) is 11.5. The Balaban J connectivity index is 1.85. The molecule has 0 heterocycles. The van der Waals surface area contributed by atoms with Gasteiger partial charge in [-0.05, 0) is 172 Å². The summed E-state index contributed by atoms with van der Waals surface area (Å²) in [5.74, 6) is 2.07. The van der Waals surface area contributed by atoms with Crippen molar-refractivity contribution in [2.24, 2.45) is 44.8 Å². The first-order valence-corrected chi connectivity index (χ1v) is 35.8. The van der Waals surface area contributed by atoms with Gasteiger partial charge in [0, 0.05) is 11.5 Å². The van der Waals surface area contributed by atoms with E-state index >= 15 is 0 Å². The normalized spacial score (nSPS) is 37.2. The molecule has 0 N–H and O–H groups in total. The van der Waals surface area contributed by atoms with Gasteiger partial charge in [-0.1, -0.05) is 19.9 Å². The summed E-state index contributed by atoms with van der Waals surface area (Å²) in [6, 6.07) is 0. The molecule has 0 bridgehead atoms. The van der Waals surface area contributed by atoms with Gasteiger partial charge in [-0.3, -0.25) is 0 Å². The lowest BCUT2D eigenvalue weighted by Crippen LogP contribution is -2.66. The van der Waals surface area contributed by atoms with E-state index in [2.05, 4.69) is 129 Å². The van der Waals surface area contributed by atoms with Crippen LogP contribution in [0.15, 0.2) is 22.5 Å². The maximum atomic E-state index is 7.60. The zero-order chi connectivity index (χ0) is 36.4. The SMILES string of the molecule is CC12C=C/C(=N\O[Si](C)(C)C)CC1CCC1C2C(O[Si](C)(C)C)CC2(C)C1CC[C@]2(O[Si](C)(C)C)/C(CO[Si](C)(C)C)=N/O[Si](C)(C)C. The molecule has 4 rings (SSSR count). The highest BCUT2D eigenvalue weighted by molar-refractivity contribution is 6.71. The van der Waals surface area contributed by atoms with Crippen molar-refractivity contribution in [3.8, 4) is 0 Å². The van der Waals surface area contributed by atoms with Crippen LogP contribution in [-0.4, -0.2) is 71.3 Å². The van der Waals surface area contributed by atoms with Crippen LogP contribution in [0.4, 0.5) is 0 Å². The largest absolute Gasteiger partial charge is 0.456 e. The van der Waals surface area contributed by atoms with Gasteiger partial charge < -0.3 is 22.3 Å². The highest BCUT2D eigenvalue weighted by Gasteiger charge is 2.70. The van der Waals surface area contributed by atoms with Crippen LogP contribution < -0.4 is 0 Å². The highest BCUT2D eigenvalue weighted by Crippen LogP contribution is 2.69. The second kappa shape index (κ2) is 13.6. The van der Waals surface area contributed by atoms with Crippen molar-refractivity contribution in [1.82, 2.24) is 0 Å². The molecule has 8 atom stereocenters. The molecule has 276 valence electrons. The fraction of sp³-hybridized carbons (Fsp3) is 0.889. The van der Waals surface area contributed by atoms with Gasteiger partial charge in [0.1, 0.15) is 11.3 Å². The lowest BCUT2D eigenvalue weighted by molar-refractivity contribution is -0.156. The van der Waals surface area contributed by atoms with Crippen LogP contribution in [0.25, 0.3) is 0 Å². The van der Waals surface area contributed by atoms with Gasteiger partial charge in [-0.15, -0.1) is 10.3 Å². The standard InChI is InChI=1S/C36H72N2O5Si5/c1-34-22-20-28(37-42-47(12,13)14)24-27(34)18-19-29-30-21-23-36(41-46(9,10)11,32(26-39-44(3,4)5)38-43-48(15,16)17)35(30,2)25-31(33(29)34)40-45(6,7)8/h20,22,27,29-31,33H,18-19,21,23-26H2,1-17H3/b37-28+,38-32+/t27?,29?,30?,31?,33?,34?,35?,36-/m0/s1. The van der Waals surface area contributed by atoms with Gasteiger partial charge in [0.05, 0.1) is 12.3 Å². The Morgan fingerprint density at radius 3 is 1.94 bits per heavy atom. The molecule has 3 fully saturated rings. The van der Waals surface area contributed by atoms with Crippen molar-refractivity contribution in [3.63, 3.8) is 0 Å². The Morgan fingerprint density at radius 2 is 1.40 bits per heavy atom. The summed E-state index contributed by atoms with van der Waals surface area (Å²) in [5, 5.41) is 9.79. The van der Waals surface area contributed by atoms with E-state index in [0.717, 1.165) is 37.1 Å². The average molecular weight is 753 g/mol. The summed E-state index contributed by atoms with van der Waals surface area (Å²) in [5.41, 5.74) is 1.46. The van der Waals surface area contributed by atoms with E-state index in [1.54, 1.807) is 0 Å². The molecule has 0 spiro atoms. The molecule has 0 saturated heterocycles. The number of oxime groups is 2. The smallest absolute Gasteiger partial charge is 0.278 e.